The molecule has 0 aliphatic carbocycles. The highest BCUT2D eigenvalue weighted by molar-refractivity contribution is 9.09. The second-order valence-corrected chi connectivity index (χ2v) is 6.08. The lowest BCUT2D eigenvalue weighted by molar-refractivity contribution is -0.129. The van der Waals surface area contributed by atoms with Crippen LogP contribution < -0.4 is 5.32 Å². The van der Waals surface area contributed by atoms with Crippen molar-refractivity contribution < 1.29 is 15.0 Å². The van der Waals surface area contributed by atoms with E-state index in [1.54, 1.807) is 0 Å². The van der Waals surface area contributed by atoms with Gasteiger partial charge >= 0.3 is 0 Å². The van der Waals surface area contributed by atoms with Gasteiger partial charge in [0.25, 0.3) is 0 Å². The van der Waals surface area contributed by atoms with Crippen LogP contribution in [-0.4, -0.2) is 65.7 Å². The Morgan fingerprint density at radius 2 is 1.55 bits per heavy atom. The van der Waals surface area contributed by atoms with E-state index in [1.165, 1.54) is 0 Å². The summed E-state index contributed by atoms with van der Waals surface area (Å²) >= 11 is 3.14. The molecule has 5 nitrogen and oxygen atoms in total. The number of hydrogen-bond donors (Lipinski definition) is 3. The summed E-state index contributed by atoms with van der Waals surface area (Å²) in [6.45, 7) is 4.42. The van der Waals surface area contributed by atoms with Crippen molar-refractivity contribution in [3.63, 3.8) is 0 Å². The zero-order valence-corrected chi connectivity index (χ0v) is 13.6. The average molecular weight is 351 g/mol. The van der Waals surface area contributed by atoms with Crippen LogP contribution >= 0.6 is 15.9 Å². The molecule has 0 saturated carbocycles. The largest absolute Gasteiger partial charge is 0.396 e. The summed E-state index contributed by atoms with van der Waals surface area (Å²) in [4.78, 5) is 13.0. The number of alkyl halides is 1. The topological polar surface area (TPSA) is 72.8 Å². The monoisotopic (exact) mass is 350 g/mol. The summed E-state index contributed by atoms with van der Waals surface area (Å²) in [7, 11) is 0. The van der Waals surface area contributed by atoms with Crippen LogP contribution in [0.1, 0.15) is 25.7 Å². The maximum Gasteiger partial charge on any atom is 0.233 e. The molecule has 2 aliphatic heterocycles. The number of nitrogens with one attached hydrogen (secondary N) is 1. The predicted molar refractivity (Wildman–Crippen MR) is 82.9 cm³/mol. The summed E-state index contributed by atoms with van der Waals surface area (Å²) in [5, 5.41) is 21.2. The average Bonchev–Trinajstić information content (AvgIpc) is 2.55. The Hall–Kier alpha value is -0.170. The van der Waals surface area contributed by atoms with Gasteiger partial charge in [0, 0.05) is 26.3 Å². The van der Waals surface area contributed by atoms with Gasteiger partial charge in [0.1, 0.15) is 0 Å². The normalized spacial score (nSPS) is 21.2. The smallest absolute Gasteiger partial charge is 0.233 e. The van der Waals surface area contributed by atoms with Crippen molar-refractivity contribution in [2.75, 3.05) is 44.7 Å². The number of aliphatic hydroxyl groups is 2. The molecule has 3 N–H and O–H groups in total. The van der Waals surface area contributed by atoms with Crippen molar-refractivity contribution in [2.45, 2.75) is 25.7 Å². The lowest BCUT2D eigenvalue weighted by Gasteiger charge is -2.30. The Morgan fingerprint density at radius 3 is 1.95 bits per heavy atom. The van der Waals surface area contributed by atoms with Crippen molar-refractivity contribution in [1.82, 2.24) is 10.2 Å². The number of amides is 1. The highest BCUT2D eigenvalue weighted by atomic mass is 79.9. The van der Waals surface area contributed by atoms with Crippen molar-refractivity contribution in [3.05, 3.63) is 0 Å². The lowest BCUT2D eigenvalue weighted by atomic mass is 9.98. The van der Waals surface area contributed by atoms with Gasteiger partial charge in [-0.3, -0.25) is 4.79 Å². The number of carbonyl (C=O) groups excluding carboxylic acids is 1. The number of carbonyl (C=O) groups is 1. The lowest BCUT2D eigenvalue weighted by Crippen LogP contribution is -2.39. The number of aliphatic hydroxyl groups excluding tert-OH is 2. The Labute approximate surface area is 129 Å². The molecule has 118 valence electrons. The summed E-state index contributed by atoms with van der Waals surface area (Å²) < 4.78 is 0. The maximum atomic E-state index is 11.2. The zero-order chi connectivity index (χ0) is 14.8. The van der Waals surface area contributed by atoms with Gasteiger partial charge in [-0.25, -0.2) is 0 Å². The standard InChI is InChI=1S/C8H14BrNO2.C6H13NO/c9-5-8(12)10-3-1-7(6-11)2-4-10;8-5-6-1-3-7-4-2-6/h7,11H,1-6H2;6-8H,1-5H2. The highest BCUT2D eigenvalue weighted by Gasteiger charge is 2.21. The van der Waals surface area contributed by atoms with Crippen molar-refractivity contribution in [3.8, 4) is 0 Å². The van der Waals surface area contributed by atoms with Crippen LogP contribution in [0.15, 0.2) is 0 Å². The SMILES string of the molecule is O=C(CBr)N1CCC(CO)CC1.OCC1CCNCC1. The minimum absolute atomic E-state index is 0.159. The first-order valence-corrected chi connectivity index (χ1v) is 8.59. The van der Waals surface area contributed by atoms with E-state index >= 15 is 0 Å². The molecule has 2 rings (SSSR count). The van der Waals surface area contributed by atoms with Gasteiger partial charge in [0.2, 0.25) is 5.91 Å². The van der Waals surface area contributed by atoms with Crippen molar-refractivity contribution >= 4 is 21.8 Å². The van der Waals surface area contributed by atoms with Crippen LogP contribution in [0.25, 0.3) is 0 Å². The Kier molecular flexibility index (Phi) is 9.42. The number of hydrogen-bond acceptors (Lipinski definition) is 4. The quantitative estimate of drug-likeness (QED) is 0.651. The van der Waals surface area contributed by atoms with E-state index in [-0.39, 0.29) is 12.5 Å². The minimum Gasteiger partial charge on any atom is -0.396 e. The first-order chi connectivity index (χ1) is 9.71. The molecule has 0 aromatic carbocycles. The number of likely N-dealkylation sites (tertiary alicyclic amines) is 1. The summed E-state index contributed by atoms with van der Waals surface area (Å²) in [6.07, 6.45) is 4.18. The fourth-order valence-corrected chi connectivity index (χ4v) is 2.87. The molecule has 0 spiro atoms. The number of nitrogens with zero attached hydrogens (tertiary/aromatic N) is 1. The van der Waals surface area contributed by atoms with Crippen LogP contribution in [0.2, 0.25) is 0 Å². The van der Waals surface area contributed by atoms with E-state index in [2.05, 4.69) is 21.2 Å². The summed E-state index contributed by atoms with van der Waals surface area (Å²) in [5.74, 6) is 1.15. The first-order valence-electron chi connectivity index (χ1n) is 7.47. The van der Waals surface area contributed by atoms with Crippen LogP contribution in [0.5, 0.6) is 0 Å². The number of halogens is 1. The van der Waals surface area contributed by atoms with E-state index < -0.39 is 0 Å². The third-order valence-electron chi connectivity index (χ3n) is 4.06. The molecule has 2 heterocycles. The zero-order valence-electron chi connectivity index (χ0n) is 12.1. The Balaban J connectivity index is 0.000000217. The molecular weight excluding hydrogens is 324 g/mol. The van der Waals surface area contributed by atoms with Crippen LogP contribution in [0.4, 0.5) is 0 Å². The summed E-state index contributed by atoms with van der Waals surface area (Å²) in [5.41, 5.74) is 0. The minimum atomic E-state index is 0.159. The van der Waals surface area contributed by atoms with Gasteiger partial charge in [0.15, 0.2) is 0 Å². The van der Waals surface area contributed by atoms with Crippen LogP contribution in [-0.2, 0) is 4.79 Å². The van der Waals surface area contributed by atoms with E-state index in [4.69, 9.17) is 10.2 Å². The first kappa shape index (κ1) is 17.9. The van der Waals surface area contributed by atoms with E-state index in [1.807, 2.05) is 4.90 Å². The number of piperidine rings is 2. The molecule has 1 amide bonds. The predicted octanol–water partition coefficient (Wildman–Crippen LogP) is 0.590. The number of rotatable bonds is 3. The van der Waals surface area contributed by atoms with E-state index in [0.29, 0.717) is 23.8 Å². The van der Waals surface area contributed by atoms with Crippen LogP contribution in [0, 0.1) is 11.8 Å². The maximum absolute atomic E-state index is 11.2. The van der Waals surface area contributed by atoms with Gasteiger partial charge in [-0.1, -0.05) is 15.9 Å². The summed E-state index contributed by atoms with van der Waals surface area (Å²) in [6, 6.07) is 0. The van der Waals surface area contributed by atoms with Crippen molar-refractivity contribution in [2.24, 2.45) is 11.8 Å². The molecule has 0 aromatic rings. The molecule has 0 unspecified atom stereocenters. The highest BCUT2D eigenvalue weighted by Crippen LogP contribution is 2.16. The third kappa shape index (κ3) is 6.52. The molecule has 2 aliphatic rings. The molecule has 6 heteroatoms. The third-order valence-corrected chi connectivity index (χ3v) is 4.54. The Morgan fingerprint density at radius 1 is 1.05 bits per heavy atom. The molecule has 0 aromatic heterocycles. The molecule has 0 atom stereocenters. The van der Waals surface area contributed by atoms with Gasteiger partial charge in [0.05, 0.1) is 5.33 Å². The molecule has 2 fully saturated rings. The molecule has 0 radical (unpaired) electrons. The second-order valence-electron chi connectivity index (χ2n) is 5.52. The van der Waals surface area contributed by atoms with Gasteiger partial charge < -0.3 is 20.4 Å². The second kappa shape index (κ2) is 10.5. The fourth-order valence-electron chi connectivity index (χ4n) is 2.51. The molecule has 20 heavy (non-hydrogen) atoms. The molecular formula is C14H27BrN2O3. The van der Waals surface area contributed by atoms with Gasteiger partial charge in [-0.2, -0.15) is 0 Å². The van der Waals surface area contributed by atoms with Crippen molar-refractivity contribution in [1.29, 1.82) is 0 Å². The van der Waals surface area contributed by atoms with Gasteiger partial charge in [-0.05, 0) is 50.6 Å². The van der Waals surface area contributed by atoms with Crippen LogP contribution in [0.3, 0.4) is 0 Å². The molecule has 0 bridgehead atoms. The fraction of sp³-hybridized carbons (Fsp3) is 0.929. The molecule has 2 saturated heterocycles. The van der Waals surface area contributed by atoms with E-state index in [9.17, 15) is 4.79 Å². The van der Waals surface area contributed by atoms with Gasteiger partial charge in [-0.15, -0.1) is 0 Å². The van der Waals surface area contributed by atoms with E-state index in [0.717, 1.165) is 51.9 Å². The Bertz CT molecular complexity index is 265.